The van der Waals surface area contributed by atoms with Crippen LogP contribution < -0.4 is 0 Å². The first kappa shape index (κ1) is 16.9. The molecule has 118 valence electrons. The number of likely N-dealkylation sites (N-methyl/N-ethyl adjacent to an activating group) is 2. The van der Waals surface area contributed by atoms with Crippen LogP contribution in [0.25, 0.3) is 0 Å². The lowest BCUT2D eigenvalue weighted by atomic mass is 10.2. The second-order valence-electron chi connectivity index (χ2n) is 5.48. The van der Waals surface area contributed by atoms with Gasteiger partial charge in [-0.25, -0.2) is 8.42 Å². The number of sulfone groups is 1. The Balaban J connectivity index is 1.86. The summed E-state index contributed by atoms with van der Waals surface area (Å²) < 4.78 is 24.0. The number of carbonyl (C=O) groups excluding carboxylic acids is 1. The fourth-order valence-corrected chi connectivity index (χ4v) is 5.38. The van der Waals surface area contributed by atoms with Gasteiger partial charge in [0, 0.05) is 19.6 Å². The van der Waals surface area contributed by atoms with Gasteiger partial charge in [-0.05, 0) is 46.4 Å². The van der Waals surface area contributed by atoms with E-state index in [0.717, 1.165) is 9.35 Å². The lowest BCUT2D eigenvalue weighted by Crippen LogP contribution is -2.41. The van der Waals surface area contributed by atoms with Gasteiger partial charge < -0.3 is 4.90 Å². The molecule has 1 unspecified atom stereocenters. The van der Waals surface area contributed by atoms with E-state index in [0.29, 0.717) is 13.0 Å². The lowest BCUT2D eigenvalue weighted by molar-refractivity contribution is -0.131. The van der Waals surface area contributed by atoms with Gasteiger partial charge in [0.2, 0.25) is 5.91 Å². The van der Waals surface area contributed by atoms with E-state index in [4.69, 9.17) is 0 Å². The van der Waals surface area contributed by atoms with Crippen LogP contribution in [0.4, 0.5) is 0 Å². The van der Waals surface area contributed by atoms with Crippen LogP contribution in [0, 0.1) is 0 Å². The lowest BCUT2D eigenvalue weighted by Gasteiger charge is -2.25. The van der Waals surface area contributed by atoms with E-state index in [2.05, 4.69) is 15.9 Å². The third kappa shape index (κ3) is 4.77. The number of hydrogen-bond acceptors (Lipinski definition) is 5. The maximum absolute atomic E-state index is 12.2. The SMILES string of the molecule is CN(Cc1csc(Br)c1)C(=O)CN(C)C1CCS(=O)(=O)C1. The van der Waals surface area contributed by atoms with Crippen molar-refractivity contribution in [3.05, 3.63) is 20.8 Å². The molecule has 1 fully saturated rings. The first-order valence-corrected chi connectivity index (χ1v) is 10.1. The predicted octanol–water partition coefficient (Wildman–Crippen LogP) is 1.59. The van der Waals surface area contributed by atoms with Crippen molar-refractivity contribution >= 4 is 43.0 Å². The first-order valence-electron chi connectivity index (χ1n) is 6.64. The Morgan fingerprint density at radius 3 is 2.71 bits per heavy atom. The minimum atomic E-state index is -2.91. The van der Waals surface area contributed by atoms with E-state index < -0.39 is 9.84 Å². The molecule has 1 amide bonds. The van der Waals surface area contributed by atoms with Gasteiger partial charge in [-0.1, -0.05) is 0 Å². The normalized spacial score (nSPS) is 20.9. The molecule has 8 heteroatoms. The molecule has 0 radical (unpaired) electrons. The highest BCUT2D eigenvalue weighted by molar-refractivity contribution is 9.11. The number of thiophene rings is 1. The Bertz CT molecular complexity index is 615. The van der Waals surface area contributed by atoms with E-state index in [9.17, 15) is 13.2 Å². The van der Waals surface area contributed by atoms with Crippen molar-refractivity contribution in [2.75, 3.05) is 32.1 Å². The summed E-state index contributed by atoms with van der Waals surface area (Å²) >= 11 is 5.00. The third-order valence-electron chi connectivity index (χ3n) is 3.68. The summed E-state index contributed by atoms with van der Waals surface area (Å²) in [5.41, 5.74) is 1.09. The van der Waals surface area contributed by atoms with Gasteiger partial charge in [-0.15, -0.1) is 11.3 Å². The molecular weight excluding hydrogens is 376 g/mol. The summed E-state index contributed by atoms with van der Waals surface area (Å²) in [5.74, 6) is 0.400. The molecule has 0 spiro atoms. The number of amides is 1. The molecule has 1 atom stereocenters. The summed E-state index contributed by atoms with van der Waals surface area (Å²) in [4.78, 5) is 15.7. The molecule has 0 saturated carbocycles. The summed E-state index contributed by atoms with van der Waals surface area (Å²) in [7, 11) is 0.676. The molecule has 0 aromatic carbocycles. The van der Waals surface area contributed by atoms with E-state index in [1.54, 1.807) is 23.3 Å². The summed E-state index contributed by atoms with van der Waals surface area (Å²) in [6, 6.07) is 1.96. The third-order valence-corrected chi connectivity index (χ3v) is 6.99. The van der Waals surface area contributed by atoms with E-state index in [1.807, 2.05) is 23.4 Å². The molecule has 2 rings (SSSR count). The Morgan fingerprint density at radius 2 is 2.19 bits per heavy atom. The highest BCUT2D eigenvalue weighted by atomic mass is 79.9. The smallest absolute Gasteiger partial charge is 0.236 e. The van der Waals surface area contributed by atoms with Crippen LogP contribution >= 0.6 is 27.3 Å². The predicted molar refractivity (Wildman–Crippen MR) is 88.2 cm³/mol. The van der Waals surface area contributed by atoms with E-state index in [1.165, 1.54) is 0 Å². The largest absolute Gasteiger partial charge is 0.340 e. The van der Waals surface area contributed by atoms with Crippen molar-refractivity contribution in [2.45, 2.75) is 19.0 Å². The van der Waals surface area contributed by atoms with Crippen molar-refractivity contribution < 1.29 is 13.2 Å². The number of halogens is 1. The minimum absolute atomic E-state index is 0.00382. The molecule has 1 aliphatic heterocycles. The van der Waals surface area contributed by atoms with Crippen LogP contribution in [-0.2, 0) is 21.2 Å². The summed E-state index contributed by atoms with van der Waals surface area (Å²) in [6.45, 7) is 0.819. The monoisotopic (exact) mass is 394 g/mol. The maximum atomic E-state index is 12.2. The number of rotatable bonds is 5. The molecule has 1 saturated heterocycles. The van der Waals surface area contributed by atoms with Gasteiger partial charge in [0.15, 0.2) is 9.84 Å². The Kier molecular flexibility index (Phi) is 5.45. The average molecular weight is 395 g/mol. The van der Waals surface area contributed by atoms with E-state index in [-0.39, 0.29) is 30.0 Å². The van der Waals surface area contributed by atoms with Crippen LogP contribution in [0.15, 0.2) is 15.2 Å². The molecule has 1 aliphatic rings. The van der Waals surface area contributed by atoms with Crippen LogP contribution in [0.5, 0.6) is 0 Å². The zero-order valence-electron chi connectivity index (χ0n) is 12.1. The minimum Gasteiger partial charge on any atom is -0.340 e. The fourth-order valence-electron chi connectivity index (χ4n) is 2.38. The molecule has 5 nitrogen and oxygen atoms in total. The standard InChI is InChI=1S/C13H19BrN2O3S2/c1-15(11-3-4-21(18,19)9-11)7-13(17)16(2)6-10-5-12(14)20-8-10/h5,8,11H,3-4,6-7,9H2,1-2H3. The van der Waals surface area contributed by atoms with Crippen molar-refractivity contribution in [3.8, 4) is 0 Å². The van der Waals surface area contributed by atoms with Crippen molar-refractivity contribution in [3.63, 3.8) is 0 Å². The van der Waals surface area contributed by atoms with Crippen molar-refractivity contribution in [2.24, 2.45) is 0 Å². The van der Waals surface area contributed by atoms with Crippen molar-refractivity contribution in [1.29, 1.82) is 0 Å². The molecular formula is C13H19BrN2O3S2. The highest BCUT2D eigenvalue weighted by Crippen LogP contribution is 2.21. The summed E-state index contributed by atoms with van der Waals surface area (Å²) in [6.07, 6.45) is 0.618. The van der Waals surface area contributed by atoms with Gasteiger partial charge in [-0.2, -0.15) is 0 Å². The number of nitrogens with zero attached hydrogens (tertiary/aromatic N) is 2. The Labute approximate surface area is 138 Å². The quantitative estimate of drug-likeness (QED) is 0.760. The average Bonchev–Trinajstić information content (AvgIpc) is 2.95. The molecule has 1 aromatic heterocycles. The second kappa shape index (κ2) is 6.76. The van der Waals surface area contributed by atoms with Crippen LogP contribution in [0.2, 0.25) is 0 Å². The van der Waals surface area contributed by atoms with Gasteiger partial charge in [0.25, 0.3) is 0 Å². The highest BCUT2D eigenvalue weighted by Gasteiger charge is 2.31. The second-order valence-corrected chi connectivity index (χ2v) is 10.0. The Morgan fingerprint density at radius 1 is 1.48 bits per heavy atom. The van der Waals surface area contributed by atoms with Gasteiger partial charge in [0.1, 0.15) is 0 Å². The molecule has 0 aliphatic carbocycles. The fraction of sp³-hybridized carbons (Fsp3) is 0.615. The van der Waals surface area contributed by atoms with Crippen LogP contribution in [0.1, 0.15) is 12.0 Å². The number of carbonyl (C=O) groups is 1. The number of hydrogen-bond donors (Lipinski definition) is 0. The molecule has 0 N–H and O–H groups in total. The van der Waals surface area contributed by atoms with Gasteiger partial charge >= 0.3 is 0 Å². The van der Waals surface area contributed by atoms with Gasteiger partial charge in [0.05, 0.1) is 21.8 Å². The topological polar surface area (TPSA) is 57.7 Å². The zero-order valence-corrected chi connectivity index (χ0v) is 15.3. The van der Waals surface area contributed by atoms with Gasteiger partial charge in [-0.3, -0.25) is 9.69 Å². The van der Waals surface area contributed by atoms with Crippen LogP contribution in [-0.4, -0.2) is 62.3 Å². The summed E-state index contributed by atoms with van der Waals surface area (Å²) in [5, 5.41) is 2.02. The molecule has 21 heavy (non-hydrogen) atoms. The molecule has 2 heterocycles. The van der Waals surface area contributed by atoms with Crippen LogP contribution in [0.3, 0.4) is 0 Å². The maximum Gasteiger partial charge on any atom is 0.236 e. The first-order chi connectivity index (χ1) is 9.77. The molecule has 0 bridgehead atoms. The Hall–Kier alpha value is -0.440. The zero-order chi connectivity index (χ0) is 15.6. The van der Waals surface area contributed by atoms with E-state index >= 15 is 0 Å². The molecule has 1 aromatic rings. The van der Waals surface area contributed by atoms with Crippen molar-refractivity contribution in [1.82, 2.24) is 9.80 Å².